The van der Waals surface area contributed by atoms with E-state index in [-0.39, 0.29) is 6.42 Å². The number of carbonyl (C=O) groups is 1. The zero-order valence-corrected chi connectivity index (χ0v) is 19.4. The van der Waals surface area contributed by atoms with E-state index in [0.717, 1.165) is 34.9 Å². The smallest absolute Gasteiger partial charge is 0.237 e. The van der Waals surface area contributed by atoms with Crippen LogP contribution in [0.2, 0.25) is 5.15 Å². The summed E-state index contributed by atoms with van der Waals surface area (Å²) in [5.41, 5.74) is 3.23. The van der Waals surface area contributed by atoms with Crippen molar-refractivity contribution in [1.82, 2.24) is 9.88 Å². The fraction of sp³-hybridized carbons (Fsp3) is 0.381. The average Bonchev–Trinajstić information content (AvgIpc) is 3.27. The third-order valence-electron chi connectivity index (χ3n) is 5.92. The lowest BCUT2D eigenvalue weighted by Crippen LogP contribution is -2.62. The van der Waals surface area contributed by atoms with Crippen molar-refractivity contribution in [2.24, 2.45) is 4.40 Å². The van der Waals surface area contributed by atoms with Crippen molar-refractivity contribution in [3.05, 3.63) is 63.9 Å². The highest BCUT2D eigenvalue weighted by atomic mass is 35.5. The molecular formula is C21H19ClFN3O4S2. The Kier molecular flexibility index (Phi) is 5.12. The number of carbonyl (C=O) groups excluding carboxylic acids is 1. The Morgan fingerprint density at radius 2 is 2.09 bits per heavy atom. The summed E-state index contributed by atoms with van der Waals surface area (Å²) in [6.45, 7) is 1.02. The van der Waals surface area contributed by atoms with Crippen LogP contribution in [0.1, 0.15) is 28.7 Å². The van der Waals surface area contributed by atoms with E-state index in [9.17, 15) is 13.2 Å². The zero-order valence-electron chi connectivity index (χ0n) is 17.0. The molecule has 7 nitrogen and oxygen atoms in total. The van der Waals surface area contributed by atoms with Crippen LogP contribution in [-0.4, -0.2) is 55.0 Å². The Bertz CT molecular complexity index is 1250. The summed E-state index contributed by atoms with van der Waals surface area (Å²) in [4.78, 5) is 17.6. The van der Waals surface area contributed by atoms with Crippen molar-refractivity contribution in [3.63, 3.8) is 0 Å². The van der Waals surface area contributed by atoms with Crippen molar-refractivity contribution in [2.75, 3.05) is 25.1 Å². The first-order valence-corrected chi connectivity index (χ1v) is 13.1. The molecule has 1 saturated heterocycles. The number of aromatic nitrogens is 1. The molecule has 1 atom stereocenters. The molecule has 0 aliphatic carbocycles. The number of likely N-dealkylation sites (tertiary alicyclic amines) is 1. The molecule has 1 aromatic heterocycles. The number of nitrogens with zero attached hydrogens (tertiary/aromatic N) is 3. The number of ether oxygens (including phenoxy) is 1. The van der Waals surface area contributed by atoms with Gasteiger partial charge in [-0.15, -0.1) is 0 Å². The molecule has 2 aromatic rings. The minimum absolute atomic E-state index is 0.111. The van der Waals surface area contributed by atoms with Crippen LogP contribution in [0.3, 0.4) is 0 Å². The van der Waals surface area contributed by atoms with Crippen molar-refractivity contribution in [3.8, 4) is 0 Å². The summed E-state index contributed by atoms with van der Waals surface area (Å²) >= 11 is 6.68. The van der Waals surface area contributed by atoms with Gasteiger partial charge in [0.05, 0.1) is 25.4 Å². The van der Waals surface area contributed by atoms with E-state index in [1.807, 2.05) is 18.2 Å². The van der Waals surface area contributed by atoms with Gasteiger partial charge in [-0.3, -0.25) is 4.79 Å². The van der Waals surface area contributed by atoms with Gasteiger partial charge in [-0.25, -0.2) is 22.2 Å². The van der Waals surface area contributed by atoms with Gasteiger partial charge in [0.2, 0.25) is 10.9 Å². The lowest BCUT2D eigenvalue weighted by atomic mass is 9.84. The topological polar surface area (TPSA) is 88.9 Å². The van der Waals surface area contributed by atoms with Crippen molar-refractivity contribution in [1.29, 1.82) is 0 Å². The molecule has 0 saturated carbocycles. The van der Waals surface area contributed by atoms with Crippen LogP contribution in [0.4, 0.5) is 4.39 Å². The molecule has 1 unspecified atom stereocenters. The van der Waals surface area contributed by atoms with Crippen LogP contribution in [0.15, 0.2) is 40.9 Å². The quantitative estimate of drug-likeness (QED) is 0.478. The second-order valence-electron chi connectivity index (χ2n) is 8.38. The molecule has 1 spiro atoms. The van der Waals surface area contributed by atoms with Crippen LogP contribution in [0.5, 0.6) is 0 Å². The standard InChI is InChI=1S/C21H19ClFN3O4S2/c1-32(28,29)10-19(27)26-11-20(12-26)16-4-2-13(6-14(16)9-30-20)17-7-21(23,31-25-17)15-3-5-18(22)24-8-15/h2-6,8H,7,9-12H2,1H3. The van der Waals surface area contributed by atoms with Gasteiger partial charge in [-0.2, -0.15) is 0 Å². The zero-order chi connectivity index (χ0) is 22.7. The van der Waals surface area contributed by atoms with Gasteiger partial charge in [0.15, 0.2) is 9.84 Å². The van der Waals surface area contributed by atoms with Crippen LogP contribution < -0.4 is 0 Å². The third-order valence-corrected chi connectivity index (χ3v) is 7.89. The van der Waals surface area contributed by atoms with Crippen molar-refractivity contribution < 1.29 is 22.3 Å². The van der Waals surface area contributed by atoms with E-state index in [2.05, 4.69) is 9.38 Å². The number of pyridine rings is 1. The number of hydrogen-bond acceptors (Lipinski definition) is 7. The fourth-order valence-corrected chi connectivity index (χ4v) is 5.86. The molecule has 1 fully saturated rings. The van der Waals surface area contributed by atoms with E-state index >= 15 is 4.39 Å². The predicted octanol–water partition coefficient (Wildman–Crippen LogP) is 3.01. The first kappa shape index (κ1) is 21.8. The molecule has 0 bridgehead atoms. The van der Waals surface area contributed by atoms with E-state index in [1.54, 1.807) is 12.1 Å². The van der Waals surface area contributed by atoms with E-state index in [0.29, 0.717) is 36.1 Å². The van der Waals surface area contributed by atoms with Crippen LogP contribution >= 0.6 is 23.5 Å². The second-order valence-corrected chi connectivity index (χ2v) is 11.9. The molecule has 0 radical (unpaired) electrons. The molecule has 3 aliphatic heterocycles. The Balaban J connectivity index is 1.30. The maximum atomic E-state index is 15.5. The van der Waals surface area contributed by atoms with E-state index in [1.165, 1.54) is 11.1 Å². The minimum atomic E-state index is -3.38. The number of hydrogen-bond donors (Lipinski definition) is 0. The van der Waals surface area contributed by atoms with Crippen LogP contribution in [-0.2, 0) is 36.6 Å². The summed E-state index contributed by atoms with van der Waals surface area (Å²) in [6.07, 6.45) is 2.59. The molecule has 0 N–H and O–H groups in total. The number of amides is 1. The third kappa shape index (κ3) is 3.83. The van der Waals surface area contributed by atoms with Gasteiger partial charge >= 0.3 is 0 Å². The molecule has 1 aromatic carbocycles. The van der Waals surface area contributed by atoms with Gasteiger partial charge < -0.3 is 9.64 Å². The summed E-state index contributed by atoms with van der Waals surface area (Å²) in [7, 11) is -3.38. The van der Waals surface area contributed by atoms with Crippen LogP contribution in [0.25, 0.3) is 0 Å². The molecule has 3 aliphatic rings. The lowest BCUT2D eigenvalue weighted by Gasteiger charge is -2.47. The minimum Gasteiger partial charge on any atom is -0.362 e. The van der Waals surface area contributed by atoms with Gasteiger partial charge in [-0.05, 0) is 28.8 Å². The van der Waals surface area contributed by atoms with Crippen LogP contribution in [0, 0.1) is 0 Å². The summed E-state index contributed by atoms with van der Waals surface area (Å²) in [5, 5.41) is -1.39. The highest BCUT2D eigenvalue weighted by molar-refractivity contribution is 7.99. The van der Waals surface area contributed by atoms with E-state index in [4.69, 9.17) is 16.3 Å². The molecule has 4 heterocycles. The molecule has 11 heteroatoms. The average molecular weight is 496 g/mol. The van der Waals surface area contributed by atoms with Gasteiger partial charge in [-0.1, -0.05) is 29.8 Å². The summed E-state index contributed by atoms with van der Waals surface area (Å²) < 4.78 is 48.6. The van der Waals surface area contributed by atoms with Gasteiger partial charge in [0.25, 0.3) is 0 Å². The van der Waals surface area contributed by atoms with Gasteiger partial charge in [0, 0.05) is 36.4 Å². The number of rotatable bonds is 4. The Morgan fingerprint density at radius 3 is 2.78 bits per heavy atom. The largest absolute Gasteiger partial charge is 0.362 e. The predicted molar refractivity (Wildman–Crippen MR) is 120 cm³/mol. The Morgan fingerprint density at radius 1 is 1.31 bits per heavy atom. The molecule has 168 valence electrons. The first-order valence-electron chi connectivity index (χ1n) is 9.86. The molecule has 32 heavy (non-hydrogen) atoms. The SMILES string of the molecule is CS(=O)(=O)CC(=O)N1CC2(C1)OCc1cc(C3=NSC(F)(c4ccc(Cl)nc4)C3)ccc12. The number of alkyl halides is 1. The molecule has 1 amide bonds. The highest BCUT2D eigenvalue weighted by Gasteiger charge is 2.52. The number of sulfone groups is 1. The lowest BCUT2D eigenvalue weighted by molar-refractivity contribution is -0.166. The second kappa shape index (κ2) is 7.51. The van der Waals surface area contributed by atoms with Crippen molar-refractivity contribution in [2.45, 2.75) is 23.6 Å². The maximum absolute atomic E-state index is 15.5. The Hall–Kier alpha value is -2.01. The molecule has 5 rings (SSSR count). The van der Waals surface area contributed by atoms with Gasteiger partial charge in [0.1, 0.15) is 16.5 Å². The number of halogens is 2. The monoisotopic (exact) mass is 495 g/mol. The van der Waals surface area contributed by atoms with E-state index < -0.39 is 32.1 Å². The van der Waals surface area contributed by atoms with Crippen molar-refractivity contribution >= 4 is 45.0 Å². The molecular weight excluding hydrogens is 477 g/mol. The number of benzene rings is 1. The number of fused-ring (bicyclic) bond motifs is 2. The summed E-state index contributed by atoms with van der Waals surface area (Å²) in [6, 6.07) is 8.96. The highest BCUT2D eigenvalue weighted by Crippen LogP contribution is 2.49. The fourth-order valence-electron chi connectivity index (χ4n) is 4.27. The maximum Gasteiger partial charge on any atom is 0.237 e. The first-order chi connectivity index (χ1) is 15.1. The normalized spacial score (nSPS) is 23.7. The summed E-state index contributed by atoms with van der Waals surface area (Å²) in [5.74, 6) is -0.916. The Labute approximate surface area is 194 Å².